The van der Waals surface area contributed by atoms with E-state index in [2.05, 4.69) is 60.6 Å². The van der Waals surface area contributed by atoms with Crippen LogP contribution in [0.4, 0.5) is 0 Å². The van der Waals surface area contributed by atoms with Crippen molar-refractivity contribution in [3.63, 3.8) is 0 Å². The first-order valence-electron chi connectivity index (χ1n) is 8.14. The molecule has 0 nitrogen and oxygen atoms in total. The van der Waals surface area contributed by atoms with Gasteiger partial charge in [0.05, 0.1) is 0 Å². The van der Waals surface area contributed by atoms with Crippen LogP contribution in [0.15, 0.2) is 23.3 Å². The minimum atomic E-state index is 0.497. The third kappa shape index (κ3) is 9.08. The van der Waals surface area contributed by atoms with E-state index in [1.54, 1.807) is 11.1 Å². The molecule has 0 bridgehead atoms. The Morgan fingerprint density at radius 3 is 2.26 bits per heavy atom. The summed E-state index contributed by atoms with van der Waals surface area (Å²) in [6.07, 6.45) is 12.4. The standard InChI is InChI=1S/C19H36/c1-8-11-17(4)18(5)13-10-12-16(3)14-15-19(6,7)9-2/h12-13,17H,8-11,14-15H2,1-7H3/b16-12+,18-13+. The summed E-state index contributed by atoms with van der Waals surface area (Å²) >= 11 is 0. The maximum atomic E-state index is 2.41. The van der Waals surface area contributed by atoms with E-state index in [1.807, 2.05) is 0 Å². The van der Waals surface area contributed by atoms with Gasteiger partial charge in [0.25, 0.3) is 0 Å². The van der Waals surface area contributed by atoms with Crippen LogP contribution in [-0.2, 0) is 0 Å². The lowest BCUT2D eigenvalue weighted by Crippen LogP contribution is -2.09. The Morgan fingerprint density at radius 2 is 1.74 bits per heavy atom. The second-order valence-electron chi connectivity index (χ2n) is 6.94. The number of rotatable bonds is 9. The number of allylic oxidation sites excluding steroid dienone is 4. The van der Waals surface area contributed by atoms with Crippen LogP contribution in [0.3, 0.4) is 0 Å². The molecule has 0 rings (SSSR count). The highest BCUT2D eigenvalue weighted by molar-refractivity contribution is 5.08. The second kappa shape index (κ2) is 9.39. The molecule has 0 heteroatoms. The lowest BCUT2D eigenvalue weighted by atomic mass is 9.84. The fourth-order valence-corrected chi connectivity index (χ4v) is 2.12. The van der Waals surface area contributed by atoms with E-state index >= 15 is 0 Å². The topological polar surface area (TPSA) is 0 Å². The van der Waals surface area contributed by atoms with Crippen molar-refractivity contribution in [2.45, 2.75) is 87.0 Å². The van der Waals surface area contributed by atoms with Crippen LogP contribution in [0.25, 0.3) is 0 Å². The van der Waals surface area contributed by atoms with Gasteiger partial charge in [0, 0.05) is 0 Å². The third-order valence-corrected chi connectivity index (χ3v) is 4.56. The van der Waals surface area contributed by atoms with E-state index < -0.39 is 0 Å². The van der Waals surface area contributed by atoms with E-state index in [0.717, 1.165) is 12.3 Å². The predicted octanol–water partition coefficient (Wildman–Crippen LogP) is 6.92. The van der Waals surface area contributed by atoms with Gasteiger partial charge in [-0.05, 0) is 50.9 Å². The molecule has 1 atom stereocenters. The molecular formula is C19H36. The Labute approximate surface area is 122 Å². The number of hydrogen-bond acceptors (Lipinski definition) is 0. The van der Waals surface area contributed by atoms with Crippen LogP contribution in [0, 0.1) is 11.3 Å². The Balaban J connectivity index is 4.15. The van der Waals surface area contributed by atoms with Gasteiger partial charge in [-0.3, -0.25) is 0 Å². The van der Waals surface area contributed by atoms with E-state index in [0.29, 0.717) is 5.41 Å². The van der Waals surface area contributed by atoms with Gasteiger partial charge in [0.2, 0.25) is 0 Å². The Hall–Kier alpha value is -0.520. The van der Waals surface area contributed by atoms with Crippen LogP contribution in [0.1, 0.15) is 87.0 Å². The van der Waals surface area contributed by atoms with Gasteiger partial charge in [-0.2, -0.15) is 0 Å². The van der Waals surface area contributed by atoms with Gasteiger partial charge in [-0.25, -0.2) is 0 Å². The zero-order valence-electron chi connectivity index (χ0n) is 14.5. The fraction of sp³-hybridized carbons (Fsp3) is 0.789. The molecule has 0 fully saturated rings. The Morgan fingerprint density at radius 1 is 1.11 bits per heavy atom. The van der Waals surface area contributed by atoms with Crippen LogP contribution in [0.2, 0.25) is 0 Å². The highest BCUT2D eigenvalue weighted by Crippen LogP contribution is 2.28. The maximum Gasteiger partial charge on any atom is -0.0164 e. The van der Waals surface area contributed by atoms with Crippen molar-refractivity contribution < 1.29 is 0 Å². The normalized spacial score (nSPS) is 15.7. The molecule has 0 aromatic rings. The average molecular weight is 264 g/mol. The first-order valence-corrected chi connectivity index (χ1v) is 8.14. The van der Waals surface area contributed by atoms with Gasteiger partial charge < -0.3 is 0 Å². The SMILES string of the molecule is CCCC(C)/C(C)=C/C/C=C(\C)CCC(C)(C)CC. The summed E-state index contributed by atoms with van der Waals surface area (Å²) in [7, 11) is 0. The molecular weight excluding hydrogens is 228 g/mol. The van der Waals surface area contributed by atoms with E-state index in [1.165, 1.54) is 32.1 Å². The molecule has 19 heavy (non-hydrogen) atoms. The number of hydrogen-bond donors (Lipinski definition) is 0. The largest absolute Gasteiger partial charge is 0.0818 e. The van der Waals surface area contributed by atoms with Crippen molar-refractivity contribution in [1.82, 2.24) is 0 Å². The molecule has 0 aromatic carbocycles. The fourth-order valence-electron chi connectivity index (χ4n) is 2.12. The van der Waals surface area contributed by atoms with Crippen molar-refractivity contribution in [1.29, 1.82) is 0 Å². The van der Waals surface area contributed by atoms with Gasteiger partial charge in [-0.1, -0.05) is 70.8 Å². The van der Waals surface area contributed by atoms with Crippen LogP contribution in [0.5, 0.6) is 0 Å². The van der Waals surface area contributed by atoms with Gasteiger partial charge in [0.1, 0.15) is 0 Å². The Bertz CT molecular complexity index is 291. The maximum absolute atomic E-state index is 2.41. The van der Waals surface area contributed by atoms with E-state index in [9.17, 15) is 0 Å². The van der Waals surface area contributed by atoms with E-state index in [4.69, 9.17) is 0 Å². The Kier molecular flexibility index (Phi) is 9.14. The summed E-state index contributed by atoms with van der Waals surface area (Å²) in [6, 6.07) is 0. The van der Waals surface area contributed by atoms with Crippen molar-refractivity contribution >= 4 is 0 Å². The molecule has 0 aliphatic rings. The average Bonchev–Trinajstić information content (AvgIpc) is 2.36. The molecule has 0 radical (unpaired) electrons. The molecule has 0 saturated heterocycles. The van der Waals surface area contributed by atoms with Crippen molar-refractivity contribution in [3.05, 3.63) is 23.3 Å². The summed E-state index contributed by atoms with van der Waals surface area (Å²) in [4.78, 5) is 0. The molecule has 112 valence electrons. The highest BCUT2D eigenvalue weighted by atomic mass is 14.2. The van der Waals surface area contributed by atoms with Gasteiger partial charge in [0.15, 0.2) is 0 Å². The molecule has 0 aliphatic carbocycles. The molecule has 0 N–H and O–H groups in total. The molecule has 0 saturated carbocycles. The van der Waals surface area contributed by atoms with E-state index in [-0.39, 0.29) is 0 Å². The van der Waals surface area contributed by atoms with Gasteiger partial charge in [-0.15, -0.1) is 0 Å². The minimum Gasteiger partial charge on any atom is -0.0818 e. The van der Waals surface area contributed by atoms with Crippen LogP contribution in [-0.4, -0.2) is 0 Å². The smallest absolute Gasteiger partial charge is 0.0164 e. The van der Waals surface area contributed by atoms with Crippen molar-refractivity contribution in [3.8, 4) is 0 Å². The zero-order valence-corrected chi connectivity index (χ0v) is 14.5. The summed E-state index contributed by atoms with van der Waals surface area (Å²) in [5.74, 6) is 0.748. The predicted molar refractivity (Wildman–Crippen MR) is 89.5 cm³/mol. The first kappa shape index (κ1) is 18.5. The molecule has 0 aromatic heterocycles. The molecule has 1 unspecified atom stereocenters. The van der Waals surface area contributed by atoms with Crippen LogP contribution >= 0.6 is 0 Å². The van der Waals surface area contributed by atoms with Gasteiger partial charge >= 0.3 is 0 Å². The summed E-state index contributed by atoms with van der Waals surface area (Å²) in [5, 5.41) is 0. The zero-order chi connectivity index (χ0) is 14.9. The monoisotopic (exact) mass is 264 g/mol. The third-order valence-electron chi connectivity index (χ3n) is 4.56. The summed E-state index contributed by atoms with van der Waals surface area (Å²) in [6.45, 7) is 16.2. The summed E-state index contributed by atoms with van der Waals surface area (Å²) in [5.41, 5.74) is 3.60. The molecule has 0 spiro atoms. The lowest BCUT2D eigenvalue weighted by molar-refractivity contribution is 0.322. The minimum absolute atomic E-state index is 0.497. The molecule has 0 heterocycles. The lowest BCUT2D eigenvalue weighted by Gasteiger charge is -2.22. The summed E-state index contributed by atoms with van der Waals surface area (Å²) < 4.78 is 0. The van der Waals surface area contributed by atoms with Crippen LogP contribution < -0.4 is 0 Å². The van der Waals surface area contributed by atoms with Crippen molar-refractivity contribution in [2.75, 3.05) is 0 Å². The molecule has 0 aliphatic heterocycles. The quantitative estimate of drug-likeness (QED) is 0.396. The second-order valence-corrected chi connectivity index (χ2v) is 6.94. The van der Waals surface area contributed by atoms with Crippen molar-refractivity contribution in [2.24, 2.45) is 11.3 Å². The highest BCUT2D eigenvalue weighted by Gasteiger charge is 2.14. The first-order chi connectivity index (χ1) is 8.82. The molecule has 0 amide bonds.